The van der Waals surface area contributed by atoms with Crippen LogP contribution in [0.5, 0.6) is 5.75 Å². The number of hydrogen-bond donors (Lipinski definition) is 1. The minimum absolute atomic E-state index is 0.0177. The molecule has 2 fully saturated rings. The number of methoxy groups -OCH3 is 3. The lowest BCUT2D eigenvalue weighted by Gasteiger charge is -2.63. The molecule has 1 aromatic carbocycles. The maximum Gasteiger partial charge on any atom is 0.344 e. The van der Waals surface area contributed by atoms with Crippen molar-refractivity contribution in [2.24, 2.45) is 22.2 Å². The third-order valence-electron chi connectivity index (χ3n) is 14.9. The largest absolute Gasteiger partial charge is 0.496 e. The van der Waals surface area contributed by atoms with Gasteiger partial charge < -0.3 is 29.0 Å². The number of fused-ring (bicyclic) bond motifs is 5. The third-order valence-corrected chi connectivity index (χ3v) is 14.9. The normalized spacial score (nSPS) is 38.1. The lowest BCUT2D eigenvalue weighted by molar-refractivity contribution is -0.228. The number of aliphatic imine (C=N–C) groups is 1. The van der Waals surface area contributed by atoms with Crippen LogP contribution in [0.1, 0.15) is 57.6 Å². The van der Waals surface area contributed by atoms with Crippen LogP contribution in [-0.2, 0) is 39.4 Å². The molecule has 1 saturated heterocycles. The van der Waals surface area contributed by atoms with Crippen molar-refractivity contribution >= 4 is 29.3 Å². The van der Waals surface area contributed by atoms with Gasteiger partial charge in [0.1, 0.15) is 11.2 Å². The molecule has 2 unspecified atom stereocenters. The maximum atomic E-state index is 15.2. The summed E-state index contributed by atoms with van der Waals surface area (Å²) in [6, 6.07) is 2.91. The second kappa shape index (κ2) is 13.3. The minimum Gasteiger partial charge on any atom is -0.496 e. The molecule has 12 heteroatoms. The van der Waals surface area contributed by atoms with Crippen molar-refractivity contribution in [2.75, 3.05) is 66.0 Å². The molecule has 6 aliphatic heterocycles. The van der Waals surface area contributed by atoms with Crippen LogP contribution in [0.15, 0.2) is 76.5 Å². The van der Waals surface area contributed by atoms with Crippen LogP contribution in [0.3, 0.4) is 0 Å². The number of carbonyl (C=O) groups excluding carboxylic acids is 3. The molecule has 2 bridgehead atoms. The van der Waals surface area contributed by atoms with Gasteiger partial charge in [-0.15, -0.1) is 0 Å². The van der Waals surface area contributed by atoms with Crippen LogP contribution < -0.4 is 9.64 Å². The van der Waals surface area contributed by atoms with Crippen LogP contribution in [0.2, 0.25) is 0 Å². The lowest BCUT2D eigenvalue weighted by Crippen LogP contribution is -2.81. The van der Waals surface area contributed by atoms with Gasteiger partial charge in [-0.25, -0.2) is 4.79 Å². The number of ether oxygens (including phenoxy) is 4. The molecule has 10 atom stereocenters. The van der Waals surface area contributed by atoms with Crippen molar-refractivity contribution in [3.63, 3.8) is 0 Å². The monoisotopic (exact) mass is 778 g/mol. The van der Waals surface area contributed by atoms with Gasteiger partial charge in [0.25, 0.3) is 0 Å². The summed E-state index contributed by atoms with van der Waals surface area (Å²) in [6.07, 6.45) is 15.9. The van der Waals surface area contributed by atoms with Gasteiger partial charge in [0.05, 0.1) is 38.8 Å². The average molecular weight is 779 g/mol. The van der Waals surface area contributed by atoms with Gasteiger partial charge in [0.15, 0.2) is 6.10 Å². The van der Waals surface area contributed by atoms with Crippen molar-refractivity contribution in [1.29, 1.82) is 0 Å². The number of carbonyl (C=O) groups is 3. The molecule has 57 heavy (non-hydrogen) atoms. The minimum atomic E-state index is -2.28. The van der Waals surface area contributed by atoms with Crippen LogP contribution in [0.4, 0.5) is 5.69 Å². The van der Waals surface area contributed by atoms with Gasteiger partial charge in [0, 0.05) is 80.3 Å². The SMILES string of the molecule is CCC1=C[C@@H]2CN(C1)CC1=C(N=C3C=CC=CC31)[C@@](C(=O)OC)(c1cc3c(cc1OC)N(C)[C@H]1[C@@](O)(C(=O)OC)[C@H](OC(C)=O)[C@]4(CC)C=CCN5CC[C@]31[C@@H]54)C2. The summed E-state index contributed by atoms with van der Waals surface area (Å²) < 4.78 is 23.9. The van der Waals surface area contributed by atoms with Gasteiger partial charge in [-0.1, -0.05) is 55.9 Å². The van der Waals surface area contributed by atoms with Crippen LogP contribution in [0.25, 0.3) is 0 Å². The van der Waals surface area contributed by atoms with Crippen LogP contribution >= 0.6 is 0 Å². The van der Waals surface area contributed by atoms with E-state index < -0.39 is 51.9 Å². The molecule has 302 valence electrons. The zero-order chi connectivity index (χ0) is 40.2. The summed E-state index contributed by atoms with van der Waals surface area (Å²) in [6.45, 7) is 9.19. The summed E-state index contributed by atoms with van der Waals surface area (Å²) in [5.74, 6) is -1.43. The molecule has 1 saturated carbocycles. The molecule has 6 heterocycles. The summed E-state index contributed by atoms with van der Waals surface area (Å²) in [7, 11) is 6.21. The number of nitrogens with zero attached hydrogens (tertiary/aromatic N) is 4. The van der Waals surface area contributed by atoms with Gasteiger partial charge in [0.2, 0.25) is 5.60 Å². The first-order valence-corrected chi connectivity index (χ1v) is 20.4. The summed E-state index contributed by atoms with van der Waals surface area (Å²) in [5, 5.41) is 13.3. The highest BCUT2D eigenvalue weighted by Crippen LogP contribution is 2.68. The molecule has 0 aromatic heterocycles. The van der Waals surface area contributed by atoms with Crippen LogP contribution in [0, 0.1) is 17.3 Å². The number of hydrogen-bond acceptors (Lipinski definition) is 12. The number of benzene rings is 1. The standard InChI is InChI=1S/C45H54N4O8/c1-8-27-19-28-22-44(40(51)55-6,36-30(25-48(23-27)24-28)29-13-10-11-14-33(29)46-36)32-20-31-34(21-35(32)54-5)47(4)38-43(31)16-18-49-17-12-15-42(9-2,37(43)49)39(57-26(3)50)45(38,53)41(52)56-7/h10-15,19-21,28-29,37-39,53H,8-9,16-18,22-25H2,1-7H3/t28-,29?,37-,38+,39+,42+,43+,44-,45-/m0/s1. The zero-order valence-corrected chi connectivity index (χ0v) is 34.0. The van der Waals surface area contributed by atoms with E-state index in [4.69, 9.17) is 23.9 Å². The van der Waals surface area contributed by atoms with E-state index in [1.165, 1.54) is 26.7 Å². The quantitative estimate of drug-likeness (QED) is 0.243. The van der Waals surface area contributed by atoms with E-state index in [-0.39, 0.29) is 17.9 Å². The molecule has 0 amide bonds. The number of rotatable bonds is 7. The molecule has 9 rings (SSSR count). The second-order valence-electron chi connectivity index (χ2n) is 17.3. The first-order chi connectivity index (χ1) is 27.4. The van der Waals surface area contributed by atoms with Crippen molar-refractivity contribution < 1.29 is 38.4 Å². The van der Waals surface area contributed by atoms with Gasteiger partial charge in [-0.2, -0.15) is 0 Å². The Morgan fingerprint density at radius 2 is 1.81 bits per heavy atom. The second-order valence-corrected chi connectivity index (χ2v) is 17.3. The summed E-state index contributed by atoms with van der Waals surface area (Å²) in [5.41, 5.74) is 0.870. The highest BCUT2D eigenvalue weighted by molar-refractivity contribution is 6.05. The van der Waals surface area contributed by atoms with E-state index in [9.17, 15) is 14.7 Å². The Balaban J connectivity index is 1.35. The molecule has 2 aliphatic carbocycles. The van der Waals surface area contributed by atoms with Crippen molar-refractivity contribution in [2.45, 2.75) is 81.1 Å². The Hall–Kier alpha value is -4.52. The zero-order valence-electron chi connectivity index (χ0n) is 34.0. The molecule has 0 radical (unpaired) electrons. The fourth-order valence-corrected chi connectivity index (χ4v) is 12.9. The maximum absolute atomic E-state index is 15.2. The van der Waals surface area contributed by atoms with E-state index in [0.29, 0.717) is 55.9 Å². The number of esters is 3. The van der Waals surface area contributed by atoms with E-state index in [0.717, 1.165) is 42.0 Å². The summed E-state index contributed by atoms with van der Waals surface area (Å²) >= 11 is 0. The number of likely N-dealkylation sites (N-methyl/N-ethyl adjacent to an activating group) is 1. The Morgan fingerprint density at radius 1 is 1.02 bits per heavy atom. The molecule has 12 nitrogen and oxygen atoms in total. The van der Waals surface area contributed by atoms with E-state index in [1.807, 2.05) is 37.1 Å². The van der Waals surface area contributed by atoms with E-state index in [2.05, 4.69) is 53.2 Å². The van der Waals surface area contributed by atoms with E-state index in [1.54, 1.807) is 7.11 Å². The van der Waals surface area contributed by atoms with Gasteiger partial charge >= 0.3 is 17.9 Å². The predicted molar refractivity (Wildman–Crippen MR) is 214 cm³/mol. The molecular weight excluding hydrogens is 725 g/mol. The van der Waals surface area contributed by atoms with Gasteiger partial charge in [-0.3, -0.25) is 24.4 Å². The Kier molecular flexibility index (Phi) is 8.84. The molecule has 1 N–H and O–H groups in total. The number of allylic oxidation sites excluding steroid dienone is 4. The number of anilines is 1. The summed E-state index contributed by atoms with van der Waals surface area (Å²) in [4.78, 5) is 54.7. The van der Waals surface area contributed by atoms with Crippen molar-refractivity contribution in [3.8, 4) is 5.75 Å². The first kappa shape index (κ1) is 38.0. The highest BCUT2D eigenvalue weighted by Gasteiger charge is 2.80. The third kappa shape index (κ3) is 4.83. The molecule has 1 aromatic rings. The fraction of sp³-hybridized carbons (Fsp3) is 0.556. The van der Waals surface area contributed by atoms with E-state index >= 15 is 4.79 Å². The topological polar surface area (TPSA) is 130 Å². The Labute approximate surface area is 334 Å². The lowest BCUT2D eigenvalue weighted by atomic mass is 9.47. The number of aliphatic hydroxyl groups is 1. The Morgan fingerprint density at radius 3 is 2.51 bits per heavy atom. The molecule has 8 aliphatic rings. The Bertz CT molecular complexity index is 2140. The van der Waals surface area contributed by atoms with Crippen LogP contribution in [-0.4, -0.2) is 123 Å². The van der Waals surface area contributed by atoms with Gasteiger partial charge in [-0.05, 0) is 61.4 Å². The average Bonchev–Trinajstić information content (AvgIpc) is 3.87. The predicted octanol–water partition coefficient (Wildman–Crippen LogP) is 4.17. The van der Waals surface area contributed by atoms with Crippen molar-refractivity contribution in [3.05, 3.63) is 82.6 Å². The highest BCUT2D eigenvalue weighted by atomic mass is 16.6. The smallest absolute Gasteiger partial charge is 0.344 e. The van der Waals surface area contributed by atoms with Crippen molar-refractivity contribution in [1.82, 2.24) is 9.80 Å². The molecular formula is C45H54N4O8. The first-order valence-electron chi connectivity index (χ1n) is 20.4. The fourth-order valence-electron chi connectivity index (χ4n) is 12.9. The molecule has 1 spiro atoms.